The average Bonchev–Trinajstić information content (AvgIpc) is 3.10. The molecule has 5 heteroatoms. The van der Waals surface area contributed by atoms with E-state index in [1.165, 1.54) is 19.3 Å². The topological polar surface area (TPSA) is 68.0 Å². The molecule has 1 heterocycles. The second-order valence-electron chi connectivity index (χ2n) is 6.25. The number of hydrogen-bond donors (Lipinski definition) is 1. The van der Waals surface area contributed by atoms with Crippen LogP contribution in [0.4, 0.5) is 0 Å². The van der Waals surface area contributed by atoms with Crippen molar-refractivity contribution in [2.24, 2.45) is 5.92 Å². The Morgan fingerprint density at radius 3 is 2.50 bits per heavy atom. The van der Waals surface area contributed by atoms with Crippen molar-refractivity contribution in [3.8, 4) is 0 Å². The van der Waals surface area contributed by atoms with Crippen molar-refractivity contribution in [3.63, 3.8) is 0 Å². The van der Waals surface area contributed by atoms with Crippen LogP contribution in [-0.4, -0.2) is 16.0 Å². The minimum atomic E-state index is -0.393. The summed E-state index contributed by atoms with van der Waals surface area (Å²) < 4.78 is 5.14. The van der Waals surface area contributed by atoms with Crippen molar-refractivity contribution in [2.75, 3.05) is 0 Å². The maximum atomic E-state index is 12.5. The second kappa shape index (κ2) is 5.54. The highest BCUT2D eigenvalue weighted by Gasteiger charge is 2.41. The molecule has 2 aliphatic rings. The van der Waals surface area contributed by atoms with Gasteiger partial charge in [-0.25, -0.2) is 0 Å². The maximum absolute atomic E-state index is 12.5. The number of carbonyl (C=O) groups is 1. The molecule has 20 heavy (non-hydrogen) atoms. The summed E-state index contributed by atoms with van der Waals surface area (Å²) in [5.41, 5.74) is -0.393. The minimum absolute atomic E-state index is 0.182. The number of aryl methyl sites for hydroxylation is 1. The Hall–Kier alpha value is -1.39. The normalized spacial score (nSPS) is 22.9. The van der Waals surface area contributed by atoms with Gasteiger partial charge in [0.25, 0.3) is 0 Å². The first-order chi connectivity index (χ1) is 9.70. The van der Waals surface area contributed by atoms with Gasteiger partial charge in [-0.2, -0.15) is 4.98 Å². The molecule has 1 N–H and O–H groups in total. The van der Waals surface area contributed by atoms with Crippen LogP contribution in [0.25, 0.3) is 0 Å². The number of aromatic nitrogens is 2. The molecule has 5 nitrogen and oxygen atoms in total. The highest BCUT2D eigenvalue weighted by Crippen LogP contribution is 2.37. The van der Waals surface area contributed by atoms with Gasteiger partial charge in [0.15, 0.2) is 5.82 Å². The summed E-state index contributed by atoms with van der Waals surface area (Å²) >= 11 is 0. The molecule has 0 aliphatic heterocycles. The van der Waals surface area contributed by atoms with E-state index in [9.17, 15) is 4.79 Å². The van der Waals surface area contributed by atoms with Crippen molar-refractivity contribution in [1.82, 2.24) is 15.5 Å². The predicted molar refractivity (Wildman–Crippen MR) is 73.9 cm³/mol. The van der Waals surface area contributed by atoms with E-state index in [-0.39, 0.29) is 11.8 Å². The van der Waals surface area contributed by atoms with Crippen LogP contribution >= 0.6 is 0 Å². The van der Waals surface area contributed by atoms with Crippen molar-refractivity contribution in [3.05, 3.63) is 11.7 Å². The monoisotopic (exact) mass is 277 g/mol. The molecule has 0 bridgehead atoms. The summed E-state index contributed by atoms with van der Waals surface area (Å²) in [6, 6.07) is 0. The number of nitrogens with one attached hydrogen (secondary N) is 1. The molecule has 3 rings (SSSR count). The average molecular weight is 277 g/mol. The molecule has 2 aliphatic carbocycles. The van der Waals surface area contributed by atoms with Crippen LogP contribution in [-0.2, 0) is 10.3 Å². The lowest BCUT2D eigenvalue weighted by atomic mass is 9.80. The van der Waals surface area contributed by atoms with Crippen LogP contribution in [0.15, 0.2) is 4.52 Å². The summed E-state index contributed by atoms with van der Waals surface area (Å²) in [6.07, 6.45) is 9.67. The third-order valence-electron chi connectivity index (χ3n) is 4.75. The molecular formula is C15H23N3O2. The molecular weight excluding hydrogens is 254 g/mol. The molecule has 0 atom stereocenters. The molecule has 2 saturated carbocycles. The van der Waals surface area contributed by atoms with Gasteiger partial charge in [0, 0.05) is 12.8 Å². The van der Waals surface area contributed by atoms with Gasteiger partial charge in [-0.1, -0.05) is 37.3 Å². The van der Waals surface area contributed by atoms with Crippen LogP contribution < -0.4 is 5.32 Å². The summed E-state index contributed by atoms with van der Waals surface area (Å²) in [5.74, 6) is 1.61. The minimum Gasteiger partial charge on any atom is -0.343 e. The van der Waals surface area contributed by atoms with E-state index in [4.69, 9.17) is 4.52 Å². The quantitative estimate of drug-likeness (QED) is 0.922. The maximum Gasteiger partial charge on any atom is 0.223 e. The molecule has 1 aromatic rings. The van der Waals surface area contributed by atoms with Crippen LogP contribution in [0.2, 0.25) is 0 Å². The molecule has 0 radical (unpaired) electrons. The van der Waals surface area contributed by atoms with E-state index in [0.29, 0.717) is 11.7 Å². The van der Waals surface area contributed by atoms with Gasteiger partial charge in [-0.05, 0) is 25.7 Å². The smallest absolute Gasteiger partial charge is 0.223 e. The molecule has 0 aromatic carbocycles. The molecule has 2 fully saturated rings. The highest BCUT2D eigenvalue weighted by molar-refractivity contribution is 5.79. The zero-order chi connectivity index (χ0) is 14.0. The largest absolute Gasteiger partial charge is 0.343 e. The fourth-order valence-electron chi connectivity index (χ4n) is 3.58. The molecule has 110 valence electrons. The Labute approximate surface area is 119 Å². The third kappa shape index (κ3) is 2.58. The van der Waals surface area contributed by atoms with Crippen molar-refractivity contribution in [2.45, 2.75) is 70.3 Å². The first kappa shape index (κ1) is 13.6. The third-order valence-corrected chi connectivity index (χ3v) is 4.75. The molecule has 0 unspecified atom stereocenters. The molecule has 1 aromatic heterocycles. The van der Waals surface area contributed by atoms with Crippen molar-refractivity contribution in [1.29, 1.82) is 0 Å². The van der Waals surface area contributed by atoms with Gasteiger partial charge >= 0.3 is 0 Å². The summed E-state index contributed by atoms with van der Waals surface area (Å²) in [5, 5.41) is 7.37. The van der Waals surface area contributed by atoms with Crippen LogP contribution in [0, 0.1) is 12.8 Å². The van der Waals surface area contributed by atoms with Crippen LogP contribution in [0.5, 0.6) is 0 Å². The number of nitrogens with zero attached hydrogens (tertiary/aromatic N) is 2. The van der Waals surface area contributed by atoms with E-state index in [0.717, 1.165) is 38.5 Å². The van der Waals surface area contributed by atoms with E-state index in [1.54, 1.807) is 6.92 Å². The predicted octanol–water partition coefficient (Wildman–Crippen LogP) is 2.84. The standard InChI is InChI=1S/C15H23N3O2/c1-11-16-14(18-20-11)15(9-5-2-6-10-15)17-13(19)12-7-3-4-8-12/h12H,2-10H2,1H3,(H,17,19). The van der Waals surface area contributed by atoms with E-state index in [2.05, 4.69) is 15.5 Å². The lowest BCUT2D eigenvalue weighted by Gasteiger charge is -2.36. The van der Waals surface area contributed by atoms with Gasteiger partial charge in [-0.3, -0.25) is 4.79 Å². The zero-order valence-corrected chi connectivity index (χ0v) is 12.2. The first-order valence-electron chi connectivity index (χ1n) is 7.82. The summed E-state index contributed by atoms with van der Waals surface area (Å²) in [4.78, 5) is 16.9. The molecule has 0 spiro atoms. The summed E-state index contributed by atoms with van der Waals surface area (Å²) in [6.45, 7) is 1.80. The lowest BCUT2D eigenvalue weighted by Crippen LogP contribution is -2.49. The van der Waals surface area contributed by atoms with Crippen LogP contribution in [0.3, 0.4) is 0 Å². The highest BCUT2D eigenvalue weighted by atomic mass is 16.5. The first-order valence-corrected chi connectivity index (χ1v) is 7.82. The second-order valence-corrected chi connectivity index (χ2v) is 6.25. The Morgan fingerprint density at radius 1 is 1.20 bits per heavy atom. The fraction of sp³-hybridized carbons (Fsp3) is 0.800. The molecule has 1 amide bonds. The van der Waals surface area contributed by atoms with Crippen molar-refractivity contribution < 1.29 is 9.32 Å². The Balaban J connectivity index is 1.80. The number of hydrogen-bond acceptors (Lipinski definition) is 4. The Bertz CT molecular complexity index is 471. The van der Waals surface area contributed by atoms with E-state index in [1.807, 2.05) is 0 Å². The SMILES string of the molecule is Cc1nc(C2(NC(=O)C3CCCC3)CCCCC2)no1. The number of amides is 1. The van der Waals surface area contributed by atoms with Gasteiger partial charge in [0.2, 0.25) is 11.8 Å². The Kier molecular flexibility index (Phi) is 3.76. The number of rotatable bonds is 3. The van der Waals surface area contributed by atoms with Gasteiger partial charge in [0.1, 0.15) is 5.54 Å². The van der Waals surface area contributed by atoms with E-state index >= 15 is 0 Å². The van der Waals surface area contributed by atoms with Gasteiger partial charge < -0.3 is 9.84 Å². The van der Waals surface area contributed by atoms with Gasteiger partial charge in [0.05, 0.1) is 0 Å². The van der Waals surface area contributed by atoms with Crippen molar-refractivity contribution >= 4 is 5.91 Å². The fourth-order valence-corrected chi connectivity index (χ4v) is 3.58. The zero-order valence-electron chi connectivity index (χ0n) is 12.2. The van der Waals surface area contributed by atoms with E-state index < -0.39 is 5.54 Å². The summed E-state index contributed by atoms with van der Waals surface area (Å²) in [7, 11) is 0. The van der Waals surface area contributed by atoms with Crippen LogP contribution in [0.1, 0.15) is 69.5 Å². The lowest BCUT2D eigenvalue weighted by molar-refractivity contribution is -0.127. The number of carbonyl (C=O) groups excluding carboxylic acids is 1. The Morgan fingerprint density at radius 2 is 1.90 bits per heavy atom. The molecule has 0 saturated heterocycles. The van der Waals surface area contributed by atoms with Gasteiger partial charge in [-0.15, -0.1) is 0 Å².